The van der Waals surface area contributed by atoms with Gasteiger partial charge in [-0.15, -0.1) is 11.3 Å². The molecular weight excluding hydrogens is 410 g/mol. The van der Waals surface area contributed by atoms with Crippen LogP contribution in [0.2, 0.25) is 0 Å². The summed E-state index contributed by atoms with van der Waals surface area (Å²) in [5, 5.41) is 0.332. The van der Waals surface area contributed by atoms with Gasteiger partial charge >= 0.3 is 18.2 Å². The van der Waals surface area contributed by atoms with Crippen molar-refractivity contribution in [3.63, 3.8) is 0 Å². The number of nitrogens with zero attached hydrogens (tertiary/aromatic N) is 3. The van der Waals surface area contributed by atoms with E-state index in [2.05, 4.69) is 4.98 Å². The first-order valence-electron chi connectivity index (χ1n) is 9.84. The average molecular weight is 442 g/mol. The van der Waals surface area contributed by atoms with Crippen LogP contribution in [0, 0.1) is 0 Å². The molecule has 0 saturated carbocycles. The van der Waals surface area contributed by atoms with E-state index in [0.29, 0.717) is 23.1 Å². The van der Waals surface area contributed by atoms with Crippen LogP contribution in [0.3, 0.4) is 0 Å². The van der Waals surface area contributed by atoms with Crippen LogP contribution < -0.4 is 4.90 Å². The zero-order chi connectivity index (χ0) is 22.9. The Morgan fingerprint density at radius 3 is 2.17 bits per heavy atom. The van der Waals surface area contributed by atoms with E-state index >= 15 is 0 Å². The molecule has 2 heterocycles. The fourth-order valence-electron chi connectivity index (χ4n) is 2.61. The number of hydrogen-bond donors (Lipinski definition) is 0. The van der Waals surface area contributed by atoms with Gasteiger partial charge in [0.1, 0.15) is 11.2 Å². The van der Waals surface area contributed by atoms with E-state index in [1.54, 1.807) is 39.6 Å². The topological polar surface area (TPSA) is 98.3 Å². The third-order valence-electron chi connectivity index (χ3n) is 3.97. The van der Waals surface area contributed by atoms with Gasteiger partial charge in [-0.1, -0.05) is 0 Å². The number of esters is 1. The molecule has 0 bridgehead atoms. The molecule has 2 amide bonds. The molecule has 0 spiro atoms. The van der Waals surface area contributed by atoms with Gasteiger partial charge in [0.2, 0.25) is 0 Å². The first-order valence-corrected chi connectivity index (χ1v) is 10.7. The zero-order valence-corrected chi connectivity index (χ0v) is 19.7. The molecule has 1 aliphatic rings. The minimum atomic E-state index is -0.655. The molecule has 1 fully saturated rings. The molecule has 1 saturated heterocycles. The second kappa shape index (κ2) is 8.79. The zero-order valence-electron chi connectivity index (χ0n) is 18.9. The number of rotatable bonds is 4. The number of anilines is 1. The minimum absolute atomic E-state index is 0.0878. The van der Waals surface area contributed by atoms with Crippen LogP contribution in [0.15, 0.2) is 0 Å². The maximum atomic E-state index is 12.4. The Hall–Kier alpha value is -2.36. The number of hydrogen-bond acceptors (Lipinski definition) is 8. The van der Waals surface area contributed by atoms with Gasteiger partial charge in [-0.2, -0.15) is 0 Å². The maximum absolute atomic E-state index is 12.4. The van der Waals surface area contributed by atoms with E-state index in [9.17, 15) is 14.4 Å². The van der Waals surface area contributed by atoms with Crippen LogP contribution in [-0.4, -0.2) is 66.0 Å². The molecule has 1 aliphatic heterocycles. The Kier molecular flexibility index (Phi) is 7.01. The Bertz CT molecular complexity index is 802. The SMILES string of the molecule is CCOC(=O)c1nc(N(C)C(=O)OC(C)(C)C)sc1C1CN(C(=O)OC(C)(C)C)C1. The summed E-state index contributed by atoms with van der Waals surface area (Å²) in [7, 11) is 1.54. The minimum Gasteiger partial charge on any atom is -0.461 e. The Morgan fingerprint density at radius 2 is 1.67 bits per heavy atom. The monoisotopic (exact) mass is 441 g/mol. The summed E-state index contributed by atoms with van der Waals surface area (Å²) < 4.78 is 15.9. The number of ether oxygens (including phenoxy) is 3. The van der Waals surface area contributed by atoms with Crippen molar-refractivity contribution >= 4 is 34.6 Å². The summed E-state index contributed by atoms with van der Waals surface area (Å²) in [6, 6.07) is 0. The molecule has 0 unspecified atom stereocenters. The standard InChI is InChI=1S/C20H31N3O6S/c1-9-27-15(24)13-14(12-10-23(11-12)18(26)29-20(5,6)7)30-16(21-13)22(8)17(25)28-19(2,3)4/h12H,9-11H2,1-8H3. The predicted molar refractivity (Wildman–Crippen MR) is 113 cm³/mol. The fourth-order valence-corrected chi connectivity index (χ4v) is 3.70. The first-order chi connectivity index (χ1) is 13.7. The van der Waals surface area contributed by atoms with Gasteiger partial charge in [0.25, 0.3) is 0 Å². The molecular formula is C20H31N3O6S. The fraction of sp³-hybridized carbons (Fsp3) is 0.700. The lowest BCUT2D eigenvalue weighted by Crippen LogP contribution is -2.50. The van der Waals surface area contributed by atoms with Crippen molar-refractivity contribution in [1.82, 2.24) is 9.88 Å². The highest BCUT2D eigenvalue weighted by atomic mass is 32.1. The van der Waals surface area contributed by atoms with Crippen LogP contribution in [0.4, 0.5) is 14.7 Å². The third kappa shape index (κ3) is 6.07. The smallest absolute Gasteiger partial charge is 0.416 e. The number of carbonyl (C=O) groups is 3. The number of thiazole rings is 1. The van der Waals surface area contributed by atoms with E-state index in [4.69, 9.17) is 14.2 Å². The summed E-state index contributed by atoms with van der Waals surface area (Å²) in [6.45, 7) is 13.5. The lowest BCUT2D eigenvalue weighted by atomic mass is 9.97. The number of carbonyl (C=O) groups excluding carboxylic acids is 3. The van der Waals surface area contributed by atoms with Gasteiger partial charge in [0.05, 0.1) is 6.61 Å². The molecule has 0 atom stereocenters. The lowest BCUT2D eigenvalue weighted by molar-refractivity contribution is 0.00835. The van der Waals surface area contributed by atoms with E-state index in [1.165, 1.54) is 16.2 Å². The van der Waals surface area contributed by atoms with Crippen LogP contribution in [0.5, 0.6) is 0 Å². The number of likely N-dealkylation sites (tertiary alicyclic amines) is 1. The van der Waals surface area contributed by atoms with Crippen molar-refractivity contribution < 1.29 is 28.6 Å². The van der Waals surface area contributed by atoms with E-state index in [0.717, 1.165) is 0 Å². The highest BCUT2D eigenvalue weighted by molar-refractivity contribution is 7.16. The van der Waals surface area contributed by atoms with Gasteiger partial charge in [0, 0.05) is 30.9 Å². The van der Waals surface area contributed by atoms with Crippen LogP contribution in [-0.2, 0) is 14.2 Å². The second-order valence-electron chi connectivity index (χ2n) is 9.05. The number of aromatic nitrogens is 1. The molecule has 2 rings (SSSR count). The largest absolute Gasteiger partial charge is 0.461 e. The summed E-state index contributed by atoms with van der Waals surface area (Å²) in [6.07, 6.45) is -0.964. The molecule has 1 aromatic rings. The van der Waals surface area contributed by atoms with Gasteiger partial charge in [-0.3, -0.25) is 4.90 Å². The lowest BCUT2D eigenvalue weighted by Gasteiger charge is -2.39. The van der Waals surface area contributed by atoms with Gasteiger partial charge in [0.15, 0.2) is 10.8 Å². The van der Waals surface area contributed by atoms with Crippen molar-refractivity contribution in [3.8, 4) is 0 Å². The molecule has 30 heavy (non-hydrogen) atoms. The third-order valence-corrected chi connectivity index (χ3v) is 5.26. The van der Waals surface area contributed by atoms with Crippen molar-refractivity contribution in [3.05, 3.63) is 10.6 Å². The Morgan fingerprint density at radius 1 is 1.10 bits per heavy atom. The van der Waals surface area contributed by atoms with Crippen LogP contribution >= 0.6 is 11.3 Å². The highest BCUT2D eigenvalue weighted by Crippen LogP contribution is 2.38. The summed E-state index contributed by atoms with van der Waals surface area (Å²) in [5.41, 5.74) is -1.07. The van der Waals surface area contributed by atoms with E-state index in [-0.39, 0.29) is 18.2 Å². The van der Waals surface area contributed by atoms with Gasteiger partial charge < -0.3 is 19.1 Å². The predicted octanol–water partition coefficient (Wildman–Crippen LogP) is 4.03. The van der Waals surface area contributed by atoms with Crippen molar-refractivity contribution in [1.29, 1.82) is 0 Å². The highest BCUT2D eigenvalue weighted by Gasteiger charge is 2.39. The molecule has 168 valence electrons. The summed E-state index contributed by atoms with van der Waals surface area (Å²) in [5.74, 6) is -0.640. The van der Waals surface area contributed by atoms with Crippen molar-refractivity contribution in [2.45, 2.75) is 65.6 Å². The average Bonchev–Trinajstić information content (AvgIpc) is 2.94. The summed E-state index contributed by atoms with van der Waals surface area (Å²) >= 11 is 1.22. The van der Waals surface area contributed by atoms with E-state index < -0.39 is 29.4 Å². The first kappa shape index (κ1) is 23.9. The summed E-state index contributed by atoms with van der Waals surface area (Å²) in [4.78, 5) is 44.9. The van der Waals surface area contributed by atoms with Gasteiger partial charge in [-0.05, 0) is 48.5 Å². The van der Waals surface area contributed by atoms with Crippen molar-refractivity contribution in [2.24, 2.45) is 0 Å². The van der Waals surface area contributed by atoms with Crippen LogP contribution in [0.1, 0.15) is 69.7 Å². The molecule has 9 nitrogen and oxygen atoms in total. The number of amides is 2. The quantitative estimate of drug-likeness (QED) is 0.514. The molecule has 0 aromatic carbocycles. The molecule has 0 aliphatic carbocycles. The Balaban J connectivity index is 2.20. The van der Waals surface area contributed by atoms with Crippen LogP contribution in [0.25, 0.3) is 0 Å². The van der Waals surface area contributed by atoms with Crippen molar-refractivity contribution in [2.75, 3.05) is 31.6 Å². The Labute approximate surface area is 181 Å². The molecule has 0 radical (unpaired) electrons. The van der Waals surface area contributed by atoms with E-state index in [1.807, 2.05) is 20.8 Å². The van der Waals surface area contributed by atoms with Gasteiger partial charge in [-0.25, -0.2) is 19.4 Å². The normalized spacial score (nSPS) is 14.7. The molecule has 0 N–H and O–H groups in total. The molecule has 10 heteroatoms. The molecule has 1 aromatic heterocycles. The maximum Gasteiger partial charge on any atom is 0.416 e. The second-order valence-corrected chi connectivity index (χ2v) is 10.1.